The van der Waals surface area contributed by atoms with Crippen molar-refractivity contribution in [3.63, 3.8) is 0 Å². The fourth-order valence-corrected chi connectivity index (χ4v) is 2.65. The smallest absolute Gasteiger partial charge is 0.356 e. The van der Waals surface area contributed by atoms with Gasteiger partial charge in [0.2, 0.25) is 11.8 Å². The molecule has 1 aliphatic heterocycles. The molecule has 1 aromatic heterocycles. The highest BCUT2D eigenvalue weighted by Gasteiger charge is 2.25. The highest BCUT2D eigenvalue weighted by molar-refractivity contribution is 5.94. The number of carbonyl (C=O) groups is 2. The van der Waals surface area contributed by atoms with E-state index in [4.69, 9.17) is 19.9 Å². The monoisotopic (exact) mass is 415 g/mol. The van der Waals surface area contributed by atoms with Crippen LogP contribution in [-0.2, 0) is 14.3 Å². The van der Waals surface area contributed by atoms with Crippen molar-refractivity contribution in [2.75, 3.05) is 36.2 Å². The molecule has 0 radical (unpaired) electrons. The van der Waals surface area contributed by atoms with E-state index in [0.29, 0.717) is 11.3 Å². The zero-order chi connectivity index (χ0) is 21.7. The minimum Gasteiger partial charge on any atom is -0.469 e. The molecule has 3 rings (SSSR count). The van der Waals surface area contributed by atoms with Crippen molar-refractivity contribution >= 4 is 29.3 Å². The number of nitrogens with zero attached hydrogens (tertiary/aromatic N) is 1. The summed E-state index contributed by atoms with van der Waals surface area (Å²) in [6.07, 6.45) is 0. The first-order valence-electron chi connectivity index (χ1n) is 9.17. The number of anilines is 3. The molecule has 0 bridgehead atoms. The number of hydrogen-bond donors (Lipinski definition) is 4. The summed E-state index contributed by atoms with van der Waals surface area (Å²) in [5.41, 5.74) is 6.18. The van der Waals surface area contributed by atoms with Crippen LogP contribution in [0.5, 0.6) is 5.88 Å². The Balaban J connectivity index is 1.91. The molecule has 0 spiro atoms. The maximum absolute atomic E-state index is 12.5. The largest absolute Gasteiger partial charge is 0.469 e. The predicted octanol–water partition coefficient (Wildman–Crippen LogP) is 1.22. The minimum absolute atomic E-state index is 0.0201. The zero-order valence-electron chi connectivity index (χ0n) is 16.4. The second kappa shape index (κ2) is 8.99. The van der Waals surface area contributed by atoms with Crippen LogP contribution < -0.4 is 26.7 Å². The van der Waals surface area contributed by atoms with Gasteiger partial charge < -0.3 is 30.6 Å². The summed E-state index contributed by atoms with van der Waals surface area (Å²) in [7, 11) is 0. The molecule has 0 saturated carbocycles. The van der Waals surface area contributed by atoms with Crippen molar-refractivity contribution in [3.8, 4) is 5.88 Å². The third-order valence-corrected chi connectivity index (χ3v) is 3.98. The van der Waals surface area contributed by atoms with Crippen molar-refractivity contribution in [1.29, 1.82) is 0 Å². The Labute approximate surface area is 171 Å². The number of hydrogen-bond acceptors (Lipinski definition) is 10. The van der Waals surface area contributed by atoms with Crippen molar-refractivity contribution < 1.29 is 23.8 Å². The van der Waals surface area contributed by atoms with Gasteiger partial charge in [-0.15, -0.1) is 0 Å². The number of nitrogen functional groups attached to an aromatic ring is 1. The highest BCUT2D eigenvalue weighted by atomic mass is 16.5. The number of carbonyl (C=O) groups excluding carboxylic acids is 2. The first-order valence-corrected chi connectivity index (χ1v) is 9.17. The van der Waals surface area contributed by atoms with E-state index >= 15 is 0 Å². The molecule has 11 heteroatoms. The lowest BCUT2D eigenvalue weighted by atomic mass is 10.2. The van der Waals surface area contributed by atoms with Crippen LogP contribution in [0.25, 0.3) is 0 Å². The fourth-order valence-electron chi connectivity index (χ4n) is 2.65. The van der Waals surface area contributed by atoms with Crippen LogP contribution in [0.1, 0.15) is 24.2 Å². The molecule has 0 amide bonds. The maximum atomic E-state index is 12.5. The summed E-state index contributed by atoms with van der Waals surface area (Å²) in [4.78, 5) is 42.7. The lowest BCUT2D eigenvalue weighted by Crippen LogP contribution is -2.30. The first-order chi connectivity index (χ1) is 14.4. The molecular formula is C19H21N5O6. The Kier molecular flexibility index (Phi) is 6.20. The van der Waals surface area contributed by atoms with Gasteiger partial charge >= 0.3 is 11.9 Å². The minimum atomic E-state index is -0.652. The van der Waals surface area contributed by atoms with E-state index in [1.807, 2.05) is 0 Å². The van der Waals surface area contributed by atoms with Crippen molar-refractivity contribution in [3.05, 3.63) is 51.6 Å². The number of ether oxygens (including phenoxy) is 3. The summed E-state index contributed by atoms with van der Waals surface area (Å²) >= 11 is 0. The molecule has 0 fully saturated rings. The van der Waals surface area contributed by atoms with E-state index in [0.717, 1.165) is 0 Å². The van der Waals surface area contributed by atoms with E-state index in [1.54, 1.807) is 38.1 Å². The van der Waals surface area contributed by atoms with Gasteiger partial charge in [-0.2, -0.15) is 4.98 Å². The fraction of sp³-hybridized carbons (Fsp3) is 0.263. The molecule has 0 unspecified atom stereocenters. The van der Waals surface area contributed by atoms with Crippen LogP contribution >= 0.6 is 0 Å². The first kappa shape index (κ1) is 20.7. The van der Waals surface area contributed by atoms with Gasteiger partial charge in [-0.25, -0.2) is 9.59 Å². The van der Waals surface area contributed by atoms with Crippen LogP contribution in [0, 0.1) is 0 Å². The van der Waals surface area contributed by atoms with Crippen molar-refractivity contribution in [1.82, 2.24) is 9.97 Å². The molecule has 11 nitrogen and oxygen atoms in total. The Hall–Kier alpha value is -4.02. The van der Waals surface area contributed by atoms with Gasteiger partial charge in [0.25, 0.3) is 5.56 Å². The van der Waals surface area contributed by atoms with E-state index in [9.17, 15) is 14.4 Å². The summed E-state index contributed by atoms with van der Waals surface area (Å²) in [6, 6.07) is 6.34. The van der Waals surface area contributed by atoms with E-state index in [1.165, 1.54) is 0 Å². The lowest BCUT2D eigenvalue weighted by molar-refractivity contribution is -0.138. The van der Waals surface area contributed by atoms with Crippen molar-refractivity contribution in [2.45, 2.75) is 13.8 Å². The molecule has 5 N–H and O–H groups in total. The molecule has 158 valence electrons. The maximum Gasteiger partial charge on any atom is 0.356 e. The zero-order valence-corrected chi connectivity index (χ0v) is 16.4. The predicted molar refractivity (Wildman–Crippen MR) is 108 cm³/mol. The number of aromatic amines is 1. The van der Waals surface area contributed by atoms with E-state index in [2.05, 4.69) is 20.6 Å². The average Bonchev–Trinajstić information content (AvgIpc) is 2.72. The number of nitrogens with one attached hydrogen (secondary N) is 3. The second-order valence-electron chi connectivity index (χ2n) is 6.04. The topological polar surface area (TPSA) is 158 Å². The number of esters is 2. The molecule has 1 aliphatic rings. The summed E-state index contributed by atoms with van der Waals surface area (Å²) < 4.78 is 15.5. The van der Waals surface area contributed by atoms with Crippen LogP contribution in [-0.4, -0.2) is 41.7 Å². The van der Waals surface area contributed by atoms with Gasteiger partial charge in [0.05, 0.1) is 24.5 Å². The summed E-state index contributed by atoms with van der Waals surface area (Å²) in [5, 5.41) is 5.80. The van der Waals surface area contributed by atoms with Gasteiger partial charge in [0.1, 0.15) is 12.3 Å². The van der Waals surface area contributed by atoms with E-state index in [-0.39, 0.29) is 48.7 Å². The Bertz CT molecular complexity index is 1040. The number of rotatable bonds is 6. The number of fused-ring (bicyclic) bond motifs is 1. The molecule has 0 saturated heterocycles. The number of aromatic nitrogens is 2. The third kappa shape index (κ3) is 4.51. The van der Waals surface area contributed by atoms with Crippen LogP contribution in [0.3, 0.4) is 0 Å². The standard InChI is InChI=1S/C19H21N5O6/c1-3-28-17(26)10-5-7-11(8-6-10)21-13(18(27)29-4-2)12-9-30-16-14(22-12)15(25)23-19(20)24-16/h5-8,21-22H,3-4,9H2,1-2H3,(H3,20,23,24,25). The SMILES string of the molecule is CCOC(=O)C(Nc1ccc(C(=O)OCC)cc1)=C1COc2nc(N)[nH]c(=O)c2N1. The second-order valence-corrected chi connectivity index (χ2v) is 6.04. The lowest BCUT2D eigenvalue weighted by Gasteiger charge is -2.23. The number of H-pyrrole nitrogens is 1. The average molecular weight is 415 g/mol. The Morgan fingerprint density at radius 2 is 1.90 bits per heavy atom. The normalized spacial score (nSPS) is 13.9. The molecule has 2 heterocycles. The van der Waals surface area contributed by atoms with E-state index < -0.39 is 17.5 Å². The van der Waals surface area contributed by atoms with Crippen molar-refractivity contribution in [2.24, 2.45) is 0 Å². The van der Waals surface area contributed by atoms with Gasteiger partial charge in [0, 0.05) is 5.69 Å². The number of nitrogens with two attached hydrogens (primary N) is 1. The highest BCUT2D eigenvalue weighted by Crippen LogP contribution is 2.26. The Morgan fingerprint density at radius 1 is 1.20 bits per heavy atom. The molecule has 30 heavy (non-hydrogen) atoms. The third-order valence-electron chi connectivity index (χ3n) is 3.98. The quantitative estimate of drug-likeness (QED) is 0.399. The van der Waals surface area contributed by atoms with Crippen LogP contribution in [0.4, 0.5) is 17.3 Å². The van der Waals surface area contributed by atoms with Gasteiger partial charge in [-0.1, -0.05) is 0 Å². The Morgan fingerprint density at radius 3 is 2.57 bits per heavy atom. The van der Waals surface area contributed by atoms with Gasteiger partial charge in [-0.3, -0.25) is 9.78 Å². The van der Waals surface area contributed by atoms with Gasteiger partial charge in [-0.05, 0) is 38.1 Å². The summed E-state index contributed by atoms with van der Waals surface area (Å²) in [5.74, 6) is -1.15. The van der Waals surface area contributed by atoms with Crippen LogP contribution in [0.15, 0.2) is 40.5 Å². The van der Waals surface area contributed by atoms with Crippen LogP contribution in [0.2, 0.25) is 0 Å². The molecule has 0 atom stereocenters. The molecule has 0 aliphatic carbocycles. The molecule has 2 aromatic rings. The summed E-state index contributed by atoms with van der Waals surface area (Å²) in [6.45, 7) is 3.73. The molecule has 1 aromatic carbocycles. The molecular weight excluding hydrogens is 394 g/mol. The number of benzene rings is 1. The van der Waals surface area contributed by atoms with Gasteiger partial charge in [0.15, 0.2) is 5.69 Å².